The molecule has 0 aliphatic heterocycles. The van der Waals surface area contributed by atoms with E-state index in [1.807, 2.05) is 0 Å². The molecule has 0 aromatic carbocycles. The van der Waals surface area contributed by atoms with Gasteiger partial charge in [0, 0.05) is 14.1 Å². The first-order valence-corrected chi connectivity index (χ1v) is 3.14. The molecule has 0 fully saturated rings. The number of amides is 1. The zero-order chi connectivity index (χ0) is 7.65. The van der Waals surface area contributed by atoms with Crippen molar-refractivity contribution in [3.05, 3.63) is 0 Å². The highest BCUT2D eigenvalue weighted by atomic mass is 35.5. The Balaban J connectivity index is 4.06. The molecule has 0 bridgehead atoms. The maximum absolute atomic E-state index is 11.0. The second-order valence-electron chi connectivity index (χ2n) is 2.67. The third-order valence-corrected chi connectivity index (χ3v) is 1.08. The fourth-order valence-corrected chi connectivity index (χ4v) is 0.701. The first-order chi connectivity index (χ1) is 3.85. The maximum Gasteiger partial charge on any atom is 0.242 e. The Morgan fingerprint density at radius 2 is 1.78 bits per heavy atom. The Kier molecular flexibility index (Phi) is 2.50. The van der Waals surface area contributed by atoms with Crippen molar-refractivity contribution in [2.45, 2.75) is 18.7 Å². The Bertz CT molecular complexity index is 115. The third kappa shape index (κ3) is 2.70. The van der Waals surface area contributed by atoms with Crippen LogP contribution in [0.2, 0.25) is 0 Å². The molecule has 0 saturated heterocycles. The zero-order valence-corrected chi connectivity index (χ0v) is 6.99. The van der Waals surface area contributed by atoms with E-state index in [1.165, 1.54) is 4.90 Å². The average molecular weight is 150 g/mol. The van der Waals surface area contributed by atoms with Crippen molar-refractivity contribution in [2.75, 3.05) is 14.1 Å². The summed E-state index contributed by atoms with van der Waals surface area (Å²) in [5, 5.41) is 0. The molecule has 0 radical (unpaired) electrons. The summed E-state index contributed by atoms with van der Waals surface area (Å²) in [6.45, 7) is 3.35. The van der Waals surface area contributed by atoms with Gasteiger partial charge in [0.05, 0.1) is 0 Å². The Morgan fingerprint density at radius 1 is 1.44 bits per heavy atom. The molecule has 0 spiro atoms. The van der Waals surface area contributed by atoms with Gasteiger partial charge in [-0.3, -0.25) is 4.79 Å². The van der Waals surface area contributed by atoms with Crippen molar-refractivity contribution in [1.29, 1.82) is 0 Å². The molecule has 0 N–H and O–H groups in total. The second-order valence-corrected chi connectivity index (χ2v) is 3.62. The quantitative estimate of drug-likeness (QED) is 0.512. The molecule has 2 nitrogen and oxygen atoms in total. The lowest BCUT2D eigenvalue weighted by atomic mass is 10.2. The van der Waals surface area contributed by atoms with E-state index >= 15 is 0 Å². The van der Waals surface area contributed by atoms with Crippen LogP contribution in [0, 0.1) is 0 Å². The van der Waals surface area contributed by atoms with Crippen LogP contribution in [0.25, 0.3) is 0 Å². The Morgan fingerprint density at radius 3 is 1.78 bits per heavy atom. The number of nitrogens with zero attached hydrogens (tertiary/aromatic N) is 1. The summed E-state index contributed by atoms with van der Waals surface area (Å²) in [6, 6.07) is 0. The summed E-state index contributed by atoms with van der Waals surface area (Å²) in [5.41, 5.74) is 0. The van der Waals surface area contributed by atoms with Crippen LogP contribution in [0.1, 0.15) is 13.8 Å². The van der Waals surface area contributed by atoms with Gasteiger partial charge in [-0.25, -0.2) is 0 Å². The highest BCUT2D eigenvalue weighted by Crippen LogP contribution is 2.14. The Labute approximate surface area is 60.8 Å². The van der Waals surface area contributed by atoms with Crippen LogP contribution in [0.4, 0.5) is 0 Å². The summed E-state index contributed by atoms with van der Waals surface area (Å²) in [6.07, 6.45) is 0. The van der Waals surface area contributed by atoms with Crippen molar-refractivity contribution in [1.82, 2.24) is 4.90 Å². The van der Waals surface area contributed by atoms with Gasteiger partial charge in [-0.05, 0) is 13.8 Å². The number of carbonyl (C=O) groups is 1. The fraction of sp³-hybridized carbons (Fsp3) is 0.833. The number of alkyl halides is 1. The van der Waals surface area contributed by atoms with E-state index in [-0.39, 0.29) is 5.91 Å². The zero-order valence-electron chi connectivity index (χ0n) is 6.23. The highest BCUT2D eigenvalue weighted by Gasteiger charge is 2.25. The van der Waals surface area contributed by atoms with Gasteiger partial charge in [-0.1, -0.05) is 0 Å². The average Bonchev–Trinajstić information content (AvgIpc) is 1.62. The molecule has 0 heterocycles. The molecule has 0 aliphatic carbocycles. The smallest absolute Gasteiger partial charge is 0.242 e. The molecule has 0 saturated carbocycles. The van der Waals surface area contributed by atoms with E-state index in [0.717, 1.165) is 0 Å². The molecular formula is C6H12ClNO. The predicted octanol–water partition coefficient (Wildman–Crippen LogP) is 1.09. The van der Waals surface area contributed by atoms with Crippen LogP contribution >= 0.6 is 11.6 Å². The molecule has 0 rings (SSSR count). The number of carbonyl (C=O) groups excluding carboxylic acids is 1. The topological polar surface area (TPSA) is 20.3 Å². The predicted molar refractivity (Wildman–Crippen MR) is 38.6 cm³/mol. The molecule has 0 aliphatic rings. The maximum atomic E-state index is 11.0. The second kappa shape index (κ2) is 2.56. The van der Waals surface area contributed by atoms with Gasteiger partial charge >= 0.3 is 0 Å². The molecular weight excluding hydrogens is 138 g/mol. The molecule has 54 valence electrons. The molecule has 0 aromatic heterocycles. The molecule has 1 amide bonds. The van der Waals surface area contributed by atoms with Gasteiger partial charge in [-0.2, -0.15) is 0 Å². The van der Waals surface area contributed by atoms with Crippen molar-refractivity contribution in [3.63, 3.8) is 0 Å². The molecule has 0 atom stereocenters. The van der Waals surface area contributed by atoms with E-state index in [1.54, 1.807) is 27.9 Å². The van der Waals surface area contributed by atoms with Crippen molar-refractivity contribution >= 4 is 17.5 Å². The molecule has 3 heteroatoms. The van der Waals surface area contributed by atoms with Gasteiger partial charge in [0.1, 0.15) is 4.87 Å². The van der Waals surface area contributed by atoms with Crippen LogP contribution in [-0.2, 0) is 4.79 Å². The SMILES string of the molecule is CN(C)C(=O)C(C)(C)Cl. The normalized spacial score (nSPS) is 11.2. The van der Waals surface area contributed by atoms with E-state index in [2.05, 4.69) is 0 Å². The monoisotopic (exact) mass is 149 g/mol. The van der Waals surface area contributed by atoms with Crippen LogP contribution in [0.5, 0.6) is 0 Å². The standard InChI is InChI=1S/C6H12ClNO/c1-6(2,7)5(9)8(3)4/h1-4H3. The van der Waals surface area contributed by atoms with E-state index < -0.39 is 4.87 Å². The minimum absolute atomic E-state index is 0.0656. The largest absolute Gasteiger partial charge is 0.347 e. The first kappa shape index (κ1) is 8.76. The first-order valence-electron chi connectivity index (χ1n) is 2.76. The van der Waals surface area contributed by atoms with Crippen LogP contribution in [0.15, 0.2) is 0 Å². The minimum Gasteiger partial charge on any atom is -0.347 e. The van der Waals surface area contributed by atoms with Gasteiger partial charge in [0.25, 0.3) is 0 Å². The summed E-state index contributed by atoms with van der Waals surface area (Å²) in [4.78, 5) is 11.7. The Hall–Kier alpha value is -0.240. The van der Waals surface area contributed by atoms with Crippen molar-refractivity contribution in [3.8, 4) is 0 Å². The number of hydrogen-bond acceptors (Lipinski definition) is 1. The van der Waals surface area contributed by atoms with E-state index in [9.17, 15) is 4.79 Å². The van der Waals surface area contributed by atoms with Crippen LogP contribution < -0.4 is 0 Å². The van der Waals surface area contributed by atoms with Gasteiger partial charge in [0.15, 0.2) is 0 Å². The minimum atomic E-state index is -0.760. The fourth-order valence-electron chi connectivity index (χ4n) is 0.532. The number of halogens is 1. The third-order valence-electron chi connectivity index (χ3n) is 0.915. The van der Waals surface area contributed by atoms with Crippen LogP contribution in [0.3, 0.4) is 0 Å². The van der Waals surface area contributed by atoms with Crippen LogP contribution in [-0.4, -0.2) is 29.8 Å². The van der Waals surface area contributed by atoms with Gasteiger partial charge in [-0.15, -0.1) is 11.6 Å². The molecule has 0 unspecified atom stereocenters. The lowest BCUT2D eigenvalue weighted by Gasteiger charge is -2.19. The highest BCUT2D eigenvalue weighted by molar-refractivity contribution is 6.34. The number of hydrogen-bond donors (Lipinski definition) is 0. The summed E-state index contributed by atoms with van der Waals surface area (Å²) >= 11 is 5.69. The molecule has 9 heavy (non-hydrogen) atoms. The van der Waals surface area contributed by atoms with E-state index in [4.69, 9.17) is 11.6 Å². The lowest BCUT2D eigenvalue weighted by Crippen LogP contribution is -2.36. The van der Waals surface area contributed by atoms with Crippen molar-refractivity contribution in [2.24, 2.45) is 0 Å². The van der Waals surface area contributed by atoms with Crippen molar-refractivity contribution < 1.29 is 4.79 Å². The van der Waals surface area contributed by atoms with Gasteiger partial charge in [0.2, 0.25) is 5.91 Å². The summed E-state index contributed by atoms with van der Waals surface area (Å²) in [5.74, 6) is -0.0656. The lowest BCUT2D eigenvalue weighted by molar-refractivity contribution is -0.130. The summed E-state index contributed by atoms with van der Waals surface area (Å²) in [7, 11) is 3.37. The number of rotatable bonds is 1. The summed E-state index contributed by atoms with van der Waals surface area (Å²) < 4.78 is 0. The molecule has 0 aromatic rings. The van der Waals surface area contributed by atoms with E-state index in [0.29, 0.717) is 0 Å². The van der Waals surface area contributed by atoms with Gasteiger partial charge < -0.3 is 4.90 Å².